The molecule has 3 aromatic rings. The molecule has 0 fully saturated rings. The van der Waals surface area contributed by atoms with E-state index in [2.05, 4.69) is 0 Å². The maximum Gasteiger partial charge on any atom is 0.239 e. The summed E-state index contributed by atoms with van der Waals surface area (Å²) in [5, 5.41) is 11.1. The second-order valence-electron chi connectivity index (χ2n) is 8.44. The van der Waals surface area contributed by atoms with E-state index >= 15 is 0 Å². The van der Waals surface area contributed by atoms with E-state index in [4.69, 9.17) is 25.5 Å². The topological polar surface area (TPSA) is 68.9 Å². The monoisotopic (exact) mass is 486 g/mol. The molecule has 0 saturated carbocycles. The van der Waals surface area contributed by atoms with Gasteiger partial charge in [-0.15, -0.1) is 0 Å². The summed E-state index contributed by atoms with van der Waals surface area (Å²) >= 11 is 5.83. The molecular weight excluding hydrogens is 459 g/mol. The summed E-state index contributed by atoms with van der Waals surface area (Å²) in [5.41, 5.74) is 3.06. The largest absolute Gasteiger partial charge is 0.507 e. The normalized spacial score (nSPS) is 10.8. The van der Waals surface area contributed by atoms with Gasteiger partial charge in [0.05, 0.1) is 19.2 Å². The molecule has 5 nitrogen and oxygen atoms in total. The Morgan fingerprint density at radius 2 is 1.62 bits per heavy atom. The molecule has 34 heavy (non-hydrogen) atoms. The Labute approximate surface area is 203 Å². The van der Waals surface area contributed by atoms with Crippen molar-refractivity contribution in [3.8, 4) is 28.6 Å². The molecular formula is C27H28ClFO5. The van der Waals surface area contributed by atoms with Crippen LogP contribution in [0.3, 0.4) is 0 Å². The molecule has 0 aliphatic heterocycles. The van der Waals surface area contributed by atoms with Gasteiger partial charge >= 0.3 is 0 Å². The molecule has 3 rings (SSSR count). The van der Waals surface area contributed by atoms with Gasteiger partial charge in [-0.05, 0) is 58.7 Å². The Morgan fingerprint density at radius 3 is 2.15 bits per heavy atom. The van der Waals surface area contributed by atoms with Gasteiger partial charge in [-0.25, -0.2) is 4.39 Å². The Balaban J connectivity index is 2.51. The lowest BCUT2D eigenvalue weighted by Gasteiger charge is -2.18. The van der Waals surface area contributed by atoms with Gasteiger partial charge < -0.3 is 19.0 Å². The van der Waals surface area contributed by atoms with Crippen molar-refractivity contribution in [2.45, 2.75) is 40.5 Å². The predicted octanol–water partition coefficient (Wildman–Crippen LogP) is 6.99. The smallest absolute Gasteiger partial charge is 0.239 e. The van der Waals surface area contributed by atoms with Crippen molar-refractivity contribution in [3.63, 3.8) is 0 Å². The van der Waals surface area contributed by atoms with E-state index in [9.17, 15) is 14.3 Å². The molecule has 0 unspecified atom stereocenters. The van der Waals surface area contributed by atoms with Crippen molar-refractivity contribution in [1.82, 2.24) is 0 Å². The van der Waals surface area contributed by atoms with Gasteiger partial charge in [-0.3, -0.25) is 4.79 Å². The molecule has 1 N–H and O–H groups in total. The van der Waals surface area contributed by atoms with Crippen molar-refractivity contribution in [1.29, 1.82) is 0 Å². The Bertz CT molecular complexity index is 1360. The zero-order valence-electron chi connectivity index (χ0n) is 20.1. The van der Waals surface area contributed by atoms with Gasteiger partial charge in [-0.1, -0.05) is 34.9 Å². The molecule has 180 valence electrons. The van der Waals surface area contributed by atoms with E-state index in [-0.39, 0.29) is 38.8 Å². The molecule has 0 amide bonds. The molecule has 0 spiro atoms. The fraction of sp³-hybridized carbons (Fsp3) is 0.296. The van der Waals surface area contributed by atoms with Crippen molar-refractivity contribution >= 4 is 22.6 Å². The predicted molar refractivity (Wildman–Crippen MR) is 134 cm³/mol. The van der Waals surface area contributed by atoms with Crippen LogP contribution in [-0.4, -0.2) is 19.3 Å². The molecule has 2 aromatic carbocycles. The third kappa shape index (κ3) is 4.82. The number of benzene rings is 2. The zero-order chi connectivity index (χ0) is 25.2. The van der Waals surface area contributed by atoms with Gasteiger partial charge in [0.2, 0.25) is 11.2 Å². The first-order chi connectivity index (χ1) is 16.1. The Kier molecular flexibility index (Phi) is 7.72. The number of hydrogen-bond acceptors (Lipinski definition) is 5. The highest BCUT2D eigenvalue weighted by molar-refractivity contribution is 6.30. The number of methoxy groups -OCH3 is 2. The summed E-state index contributed by atoms with van der Waals surface area (Å²) in [5.74, 6) is -0.567. The maximum absolute atomic E-state index is 14.2. The average Bonchev–Trinajstić information content (AvgIpc) is 2.78. The van der Waals surface area contributed by atoms with Crippen LogP contribution in [0, 0.1) is 5.82 Å². The van der Waals surface area contributed by atoms with Crippen molar-refractivity contribution in [2.75, 3.05) is 14.2 Å². The van der Waals surface area contributed by atoms with E-state index in [0.717, 1.165) is 11.1 Å². The third-order valence-electron chi connectivity index (χ3n) is 5.43. The van der Waals surface area contributed by atoms with Crippen LogP contribution in [0.5, 0.6) is 17.2 Å². The lowest BCUT2D eigenvalue weighted by molar-refractivity contribution is 0.390. The molecule has 0 atom stereocenters. The van der Waals surface area contributed by atoms with Gasteiger partial charge in [0.1, 0.15) is 28.3 Å². The van der Waals surface area contributed by atoms with E-state index in [1.54, 1.807) is 0 Å². The Morgan fingerprint density at radius 1 is 1.03 bits per heavy atom. The Hall–Kier alpha value is -3.25. The molecule has 0 radical (unpaired) electrons. The molecule has 1 aromatic heterocycles. The summed E-state index contributed by atoms with van der Waals surface area (Å²) in [6.07, 6.45) is 4.68. The van der Waals surface area contributed by atoms with Crippen LogP contribution in [0.15, 0.2) is 50.7 Å². The second-order valence-corrected chi connectivity index (χ2v) is 8.84. The fourth-order valence-electron chi connectivity index (χ4n) is 3.74. The van der Waals surface area contributed by atoms with Crippen LogP contribution in [0.4, 0.5) is 4.39 Å². The van der Waals surface area contributed by atoms with E-state index < -0.39 is 11.2 Å². The first-order valence-corrected chi connectivity index (χ1v) is 11.2. The second kappa shape index (κ2) is 10.3. The summed E-state index contributed by atoms with van der Waals surface area (Å²) in [7, 11) is 2.83. The van der Waals surface area contributed by atoms with Gasteiger partial charge in [0, 0.05) is 16.7 Å². The molecule has 0 aliphatic rings. The molecule has 0 bridgehead atoms. The van der Waals surface area contributed by atoms with Crippen LogP contribution in [0.2, 0.25) is 5.02 Å². The minimum absolute atomic E-state index is 0.00912. The van der Waals surface area contributed by atoms with Crippen molar-refractivity contribution in [2.24, 2.45) is 0 Å². The molecule has 0 saturated heterocycles. The summed E-state index contributed by atoms with van der Waals surface area (Å²) < 4.78 is 31.5. The standard InChI is InChI=1S/C27H28ClFO5/c1-14(2)7-10-17-22(30)21-23(31)27(33-6)24(16-9-12-19(28)20(29)13-16)34-26(21)18(25(17)32-5)11-8-15(3)4/h7-9,12-13,30H,10-11H2,1-6H3. The quantitative estimate of drug-likeness (QED) is 0.364. The van der Waals surface area contributed by atoms with Crippen molar-refractivity contribution < 1.29 is 23.4 Å². The zero-order valence-corrected chi connectivity index (χ0v) is 20.9. The van der Waals surface area contributed by atoms with Gasteiger partial charge in [-0.2, -0.15) is 0 Å². The van der Waals surface area contributed by atoms with Crippen LogP contribution in [0.25, 0.3) is 22.3 Å². The third-order valence-corrected chi connectivity index (χ3v) is 5.74. The van der Waals surface area contributed by atoms with E-state index in [1.165, 1.54) is 32.4 Å². The number of ether oxygens (including phenoxy) is 2. The van der Waals surface area contributed by atoms with E-state index in [1.807, 2.05) is 39.8 Å². The SMILES string of the molecule is COc1c(CC=C(C)C)c(O)c2c(=O)c(OC)c(-c3ccc(Cl)c(F)c3)oc2c1CC=C(C)C. The number of phenolic OH excluding ortho intramolecular Hbond substituents is 1. The average molecular weight is 487 g/mol. The van der Waals surface area contributed by atoms with Crippen LogP contribution in [0.1, 0.15) is 38.8 Å². The highest BCUT2D eigenvalue weighted by Gasteiger charge is 2.27. The molecule has 7 heteroatoms. The number of phenols is 1. The van der Waals surface area contributed by atoms with Gasteiger partial charge in [0.15, 0.2) is 5.76 Å². The molecule has 1 heterocycles. The van der Waals surface area contributed by atoms with Crippen LogP contribution in [-0.2, 0) is 12.8 Å². The highest BCUT2D eigenvalue weighted by Crippen LogP contribution is 2.43. The molecule has 0 aliphatic carbocycles. The maximum atomic E-state index is 14.2. The number of allylic oxidation sites excluding steroid dienone is 4. The minimum Gasteiger partial charge on any atom is -0.507 e. The lowest BCUT2D eigenvalue weighted by Crippen LogP contribution is -2.11. The first-order valence-electron chi connectivity index (χ1n) is 10.8. The highest BCUT2D eigenvalue weighted by atomic mass is 35.5. The fourth-order valence-corrected chi connectivity index (χ4v) is 3.85. The first kappa shape index (κ1) is 25.4. The number of rotatable bonds is 7. The number of halogens is 2. The van der Waals surface area contributed by atoms with E-state index in [0.29, 0.717) is 29.7 Å². The number of hydrogen-bond donors (Lipinski definition) is 1. The summed E-state index contributed by atoms with van der Waals surface area (Å²) in [6.45, 7) is 7.81. The minimum atomic E-state index is -0.661. The van der Waals surface area contributed by atoms with Gasteiger partial charge in [0.25, 0.3) is 0 Å². The van der Waals surface area contributed by atoms with Crippen LogP contribution >= 0.6 is 11.6 Å². The van der Waals surface area contributed by atoms with Crippen LogP contribution < -0.4 is 14.9 Å². The number of aromatic hydroxyl groups is 1. The lowest BCUT2D eigenvalue weighted by atomic mass is 9.96. The number of fused-ring (bicyclic) bond motifs is 1. The van der Waals surface area contributed by atoms with Crippen molar-refractivity contribution in [3.05, 3.63) is 73.7 Å². The summed E-state index contributed by atoms with van der Waals surface area (Å²) in [6, 6.07) is 4.08. The summed E-state index contributed by atoms with van der Waals surface area (Å²) in [4.78, 5) is 13.6.